The van der Waals surface area contributed by atoms with E-state index in [9.17, 15) is 9.59 Å². The van der Waals surface area contributed by atoms with Gasteiger partial charge in [-0.3, -0.25) is 0 Å². The summed E-state index contributed by atoms with van der Waals surface area (Å²) < 4.78 is 0. The average Bonchev–Trinajstić information content (AvgIpc) is 2.73. The summed E-state index contributed by atoms with van der Waals surface area (Å²) in [5.74, 6) is -2.44. The number of carbonyl (C=O) groups is 2. The maximum atomic E-state index is 11.2. The van der Waals surface area contributed by atoms with E-state index in [1.807, 2.05) is 0 Å². The van der Waals surface area contributed by atoms with Crippen LogP contribution in [0, 0.1) is 0 Å². The Morgan fingerprint density at radius 1 is 0.656 bits per heavy atom. The first-order valence-electron chi connectivity index (χ1n) is 11.9. The maximum absolute atomic E-state index is 11.2. The van der Waals surface area contributed by atoms with Gasteiger partial charge < -0.3 is 15.5 Å². The van der Waals surface area contributed by atoms with Crippen molar-refractivity contribution in [2.75, 3.05) is 11.9 Å². The van der Waals surface area contributed by atoms with Gasteiger partial charge in [-0.25, -0.2) is 9.59 Å². The first-order chi connectivity index (χ1) is 14.6. The number of nitrogens with one attached hydrogen (secondary N) is 1. The smallest absolute Gasteiger partial charge is 0.336 e. The van der Waals surface area contributed by atoms with Crippen LogP contribution in [0.15, 0.2) is 18.2 Å². The molecular weight excluding hydrogens is 424 g/mol. The third-order valence-corrected chi connectivity index (χ3v) is 5.59. The Morgan fingerprint density at radius 3 is 1.47 bits per heavy atom. The molecule has 2 radical (unpaired) electrons. The molecule has 0 unspecified atom stereocenters. The number of hydrogen-bond donors (Lipinski definition) is 3. The number of hydrogen-bond acceptors (Lipinski definition) is 3. The second kappa shape index (κ2) is 22.7. The Balaban J connectivity index is 0. The predicted molar refractivity (Wildman–Crippen MR) is 135 cm³/mol. The Hall–Kier alpha value is -0.0400. The quantitative estimate of drug-likeness (QED) is 0.158. The molecule has 1 rings (SSSR count). The first-order valence-corrected chi connectivity index (χ1v) is 11.9. The van der Waals surface area contributed by atoms with Gasteiger partial charge in [0, 0.05) is 71.3 Å². The summed E-state index contributed by atoms with van der Waals surface area (Å²) in [4.78, 5) is 22.3. The fourth-order valence-electron chi connectivity index (χ4n) is 3.75. The number of rotatable bonds is 19. The van der Waals surface area contributed by atoms with Crippen LogP contribution in [0.3, 0.4) is 0 Å². The number of anilines is 1. The maximum Gasteiger partial charge on any atom is 0.336 e. The van der Waals surface area contributed by atoms with Crippen molar-refractivity contribution in [1.29, 1.82) is 0 Å². The normalized spacial score (nSPS) is 10.2. The van der Waals surface area contributed by atoms with Crippen LogP contribution >= 0.6 is 0 Å². The number of carboxylic acid groups (broad SMARTS) is 2. The Bertz CT molecular complexity index is 626. The minimum atomic E-state index is -1.22. The SMILES string of the molecule is CCCCCCCCCCCCCCCCCNc1ccc(C(=O)O)c(C(=O)O)c1.[Na].[Na]. The van der Waals surface area contributed by atoms with E-state index in [2.05, 4.69) is 12.2 Å². The summed E-state index contributed by atoms with van der Waals surface area (Å²) in [5, 5.41) is 21.4. The summed E-state index contributed by atoms with van der Waals surface area (Å²) in [6.45, 7) is 3.03. The van der Waals surface area contributed by atoms with Crippen molar-refractivity contribution in [2.24, 2.45) is 0 Å². The molecule has 0 amide bonds. The predicted octanol–water partition coefficient (Wildman–Crippen LogP) is 6.60. The van der Waals surface area contributed by atoms with Crippen LogP contribution in [0.1, 0.15) is 124 Å². The molecule has 0 bridgehead atoms. The van der Waals surface area contributed by atoms with Crippen LogP contribution in [0.25, 0.3) is 0 Å². The molecule has 0 aliphatic heterocycles. The number of carboxylic acids is 2. The minimum Gasteiger partial charge on any atom is -0.478 e. The zero-order chi connectivity index (χ0) is 22.0. The van der Waals surface area contributed by atoms with Crippen LogP contribution < -0.4 is 5.32 Å². The second-order valence-electron chi connectivity index (χ2n) is 8.25. The number of aromatic carboxylic acids is 2. The van der Waals surface area contributed by atoms with E-state index in [4.69, 9.17) is 10.2 Å². The van der Waals surface area contributed by atoms with Crippen molar-refractivity contribution in [1.82, 2.24) is 0 Å². The van der Waals surface area contributed by atoms with Crippen molar-refractivity contribution in [3.8, 4) is 0 Å². The van der Waals surface area contributed by atoms with Crippen molar-refractivity contribution in [2.45, 2.75) is 103 Å². The molecule has 0 aliphatic rings. The Labute approximate surface area is 239 Å². The van der Waals surface area contributed by atoms with E-state index in [0.717, 1.165) is 19.4 Å². The topological polar surface area (TPSA) is 86.6 Å². The molecule has 0 saturated heterocycles. The molecule has 7 heteroatoms. The summed E-state index contributed by atoms with van der Waals surface area (Å²) in [6, 6.07) is 4.37. The molecule has 0 spiro atoms. The van der Waals surface area contributed by atoms with Gasteiger partial charge in [0.1, 0.15) is 0 Å². The van der Waals surface area contributed by atoms with Gasteiger partial charge in [-0.15, -0.1) is 0 Å². The summed E-state index contributed by atoms with van der Waals surface area (Å²) >= 11 is 0. The van der Waals surface area contributed by atoms with Crippen LogP contribution in [0.2, 0.25) is 0 Å². The monoisotopic (exact) mass is 465 g/mol. The van der Waals surface area contributed by atoms with Gasteiger partial charge in [0.25, 0.3) is 0 Å². The molecular formula is C25H41NNa2O4. The molecule has 172 valence electrons. The van der Waals surface area contributed by atoms with Crippen LogP contribution in [-0.2, 0) is 0 Å². The number of unbranched alkanes of at least 4 members (excludes halogenated alkanes) is 14. The molecule has 0 atom stereocenters. The molecule has 32 heavy (non-hydrogen) atoms. The molecule has 5 nitrogen and oxygen atoms in total. The van der Waals surface area contributed by atoms with Crippen molar-refractivity contribution < 1.29 is 19.8 Å². The van der Waals surface area contributed by atoms with Crippen molar-refractivity contribution >= 4 is 76.7 Å². The minimum absolute atomic E-state index is 0. The molecule has 0 aliphatic carbocycles. The van der Waals surface area contributed by atoms with Gasteiger partial charge >= 0.3 is 11.9 Å². The van der Waals surface area contributed by atoms with E-state index in [1.165, 1.54) is 95.6 Å². The second-order valence-corrected chi connectivity index (χ2v) is 8.25. The number of benzene rings is 1. The van der Waals surface area contributed by atoms with E-state index < -0.39 is 11.9 Å². The summed E-state index contributed by atoms with van der Waals surface area (Å²) in [7, 11) is 0. The molecule has 1 aromatic carbocycles. The zero-order valence-electron chi connectivity index (χ0n) is 20.8. The van der Waals surface area contributed by atoms with E-state index >= 15 is 0 Å². The average molecular weight is 466 g/mol. The van der Waals surface area contributed by atoms with Gasteiger partial charge in [-0.2, -0.15) is 0 Å². The zero-order valence-corrected chi connectivity index (χ0v) is 24.8. The van der Waals surface area contributed by atoms with E-state index in [1.54, 1.807) is 6.07 Å². The molecule has 0 fully saturated rings. The fourth-order valence-corrected chi connectivity index (χ4v) is 3.75. The van der Waals surface area contributed by atoms with Gasteiger partial charge in [0.05, 0.1) is 11.1 Å². The van der Waals surface area contributed by atoms with Crippen molar-refractivity contribution in [3.05, 3.63) is 29.3 Å². The molecule has 1 aromatic rings. The summed E-state index contributed by atoms with van der Waals surface area (Å²) in [6.07, 6.45) is 19.9. The third-order valence-electron chi connectivity index (χ3n) is 5.59. The summed E-state index contributed by atoms with van der Waals surface area (Å²) in [5.41, 5.74) is 0.298. The fraction of sp³-hybridized carbons (Fsp3) is 0.680. The van der Waals surface area contributed by atoms with E-state index in [0.29, 0.717) is 5.69 Å². The third kappa shape index (κ3) is 16.6. The Kier molecular flexibility index (Phi) is 24.3. The van der Waals surface area contributed by atoms with Gasteiger partial charge in [0.2, 0.25) is 0 Å². The van der Waals surface area contributed by atoms with Gasteiger partial charge in [-0.1, -0.05) is 96.8 Å². The van der Waals surface area contributed by atoms with Gasteiger partial charge in [-0.05, 0) is 24.6 Å². The molecule has 0 saturated carbocycles. The van der Waals surface area contributed by atoms with Crippen molar-refractivity contribution in [3.63, 3.8) is 0 Å². The largest absolute Gasteiger partial charge is 0.478 e. The Morgan fingerprint density at radius 2 is 1.06 bits per heavy atom. The molecule has 0 aromatic heterocycles. The van der Waals surface area contributed by atoms with E-state index in [-0.39, 0.29) is 70.2 Å². The standard InChI is InChI=1S/C25H41NO4.2Na/c1-2-3-4-5-6-7-8-9-10-11-12-13-14-15-16-19-26-21-17-18-22(24(27)28)23(20-21)25(29)30;;/h17-18,20,26H,2-16,19H2,1H3,(H,27,28)(H,29,30);;. The molecule has 0 heterocycles. The first kappa shape index (κ1) is 34.1. The van der Waals surface area contributed by atoms with Crippen LogP contribution in [0.4, 0.5) is 5.69 Å². The van der Waals surface area contributed by atoms with Crippen LogP contribution in [-0.4, -0.2) is 87.8 Å². The van der Waals surface area contributed by atoms with Gasteiger partial charge in [0.15, 0.2) is 0 Å². The van der Waals surface area contributed by atoms with Crippen LogP contribution in [0.5, 0.6) is 0 Å². The molecule has 3 N–H and O–H groups in total.